The second kappa shape index (κ2) is 10.3. The second-order valence-electron chi connectivity index (χ2n) is 9.25. The van der Waals surface area contributed by atoms with Crippen molar-refractivity contribution in [2.24, 2.45) is 0 Å². The van der Waals surface area contributed by atoms with Crippen LogP contribution in [0.15, 0.2) is 45.6 Å². The minimum atomic E-state index is -1.79. The summed E-state index contributed by atoms with van der Waals surface area (Å²) in [6.07, 6.45) is -13.6. The van der Waals surface area contributed by atoms with Crippen molar-refractivity contribution in [2.75, 3.05) is 0 Å². The van der Waals surface area contributed by atoms with Gasteiger partial charge in [0, 0.05) is 17.7 Å². The number of hydrogen-bond acceptors (Lipinski definition) is 14. The molecule has 0 radical (unpaired) electrons. The molecule has 3 heterocycles. The summed E-state index contributed by atoms with van der Waals surface area (Å²) >= 11 is 0. The molecule has 2 saturated heterocycles. The first-order valence-corrected chi connectivity index (χ1v) is 11.8. The maximum absolute atomic E-state index is 13.5. The average molecular weight is 550 g/mol. The van der Waals surface area contributed by atoms with Gasteiger partial charge in [0.2, 0.25) is 23.8 Å². The highest BCUT2D eigenvalue weighted by Gasteiger charge is 2.47. The number of rotatable bonds is 6. The van der Waals surface area contributed by atoms with Gasteiger partial charge in [-0.3, -0.25) is 4.79 Å². The first-order chi connectivity index (χ1) is 18.5. The number of aliphatic hydroxyl groups is 6. The monoisotopic (exact) mass is 550 g/mol. The normalized spacial score (nSPS) is 31.5. The minimum Gasteiger partial charge on any atom is -0.508 e. The molecule has 0 aliphatic carbocycles. The molecule has 14 nitrogen and oxygen atoms in total. The van der Waals surface area contributed by atoms with Crippen LogP contribution >= 0.6 is 0 Å². The molecule has 2 aromatic carbocycles. The highest BCUT2D eigenvalue weighted by molar-refractivity contribution is 5.88. The van der Waals surface area contributed by atoms with Gasteiger partial charge in [-0.2, -0.15) is 0 Å². The molecule has 0 spiro atoms. The minimum absolute atomic E-state index is 0.0914. The molecule has 0 unspecified atom stereocenters. The van der Waals surface area contributed by atoms with Crippen LogP contribution in [0.5, 0.6) is 23.0 Å². The van der Waals surface area contributed by atoms with Gasteiger partial charge in [-0.25, -0.2) is 0 Å². The Morgan fingerprint density at radius 3 is 2.08 bits per heavy atom. The molecule has 8 N–H and O–H groups in total. The van der Waals surface area contributed by atoms with Crippen molar-refractivity contribution in [3.05, 3.63) is 46.6 Å². The first kappa shape index (κ1) is 27.1. The molecule has 3 aromatic rings. The number of benzene rings is 2. The predicted molar refractivity (Wildman–Crippen MR) is 128 cm³/mol. The molecular formula is C25H26O14. The standard InChI is InChI=1S/C25H26O14/c1-8(26)20-16(30)18(32)24(37-20)35-11-6-12(28)14-13(7-11)36-21(9-2-4-10(27)5-3-9)22(15(14)29)38-25-19(33)17(31)23(34)39-25/h2-8,16-20,23-28,30-34H,1H3/t8-,16+,17-,18-,19-,20-,23+,24-,25-/m0/s1. The van der Waals surface area contributed by atoms with Crippen LogP contribution in [0.4, 0.5) is 0 Å². The highest BCUT2D eigenvalue weighted by Crippen LogP contribution is 2.38. The topological polar surface area (TPSA) is 229 Å². The van der Waals surface area contributed by atoms with Crippen molar-refractivity contribution in [1.29, 1.82) is 0 Å². The van der Waals surface area contributed by atoms with E-state index in [-0.39, 0.29) is 33.8 Å². The summed E-state index contributed by atoms with van der Waals surface area (Å²) in [5.41, 5.74) is -0.908. The van der Waals surface area contributed by atoms with E-state index in [2.05, 4.69) is 0 Å². The van der Waals surface area contributed by atoms with E-state index in [1.807, 2.05) is 0 Å². The summed E-state index contributed by atoms with van der Waals surface area (Å²) < 4.78 is 27.4. The molecule has 1 aromatic heterocycles. The molecule has 2 aliphatic rings. The van der Waals surface area contributed by atoms with Crippen LogP contribution in [-0.2, 0) is 9.47 Å². The van der Waals surface area contributed by atoms with Gasteiger partial charge in [0.25, 0.3) is 0 Å². The number of aromatic hydroxyl groups is 2. The summed E-state index contributed by atoms with van der Waals surface area (Å²) in [4.78, 5) is 13.5. The summed E-state index contributed by atoms with van der Waals surface area (Å²) in [7, 11) is 0. The Morgan fingerprint density at radius 2 is 1.49 bits per heavy atom. The molecule has 0 bridgehead atoms. The van der Waals surface area contributed by atoms with E-state index in [9.17, 15) is 45.6 Å². The van der Waals surface area contributed by atoms with E-state index >= 15 is 0 Å². The predicted octanol–water partition coefficient (Wildman–Crippen LogP) is -1.15. The van der Waals surface area contributed by atoms with E-state index in [1.54, 1.807) is 0 Å². The fourth-order valence-corrected chi connectivity index (χ4v) is 4.38. The summed E-state index contributed by atoms with van der Waals surface area (Å²) in [5.74, 6) is -1.62. The van der Waals surface area contributed by atoms with E-state index in [0.717, 1.165) is 6.07 Å². The molecule has 39 heavy (non-hydrogen) atoms. The fraction of sp³-hybridized carbons (Fsp3) is 0.400. The zero-order chi connectivity index (χ0) is 28.2. The van der Waals surface area contributed by atoms with Crippen LogP contribution in [0, 0.1) is 0 Å². The Hall–Kier alpha value is -3.47. The van der Waals surface area contributed by atoms with Crippen molar-refractivity contribution in [2.45, 2.75) is 62.4 Å². The molecule has 2 fully saturated rings. The Balaban J connectivity index is 1.58. The molecule has 9 atom stereocenters. The third-order valence-electron chi connectivity index (χ3n) is 6.45. The lowest BCUT2D eigenvalue weighted by molar-refractivity contribution is -0.171. The van der Waals surface area contributed by atoms with Crippen molar-refractivity contribution in [3.8, 4) is 34.3 Å². The highest BCUT2D eigenvalue weighted by atomic mass is 16.8. The lowest BCUT2D eigenvalue weighted by Gasteiger charge is -2.20. The lowest BCUT2D eigenvalue weighted by Crippen LogP contribution is -2.38. The molecule has 210 valence electrons. The smallest absolute Gasteiger partial charge is 0.239 e. The zero-order valence-corrected chi connectivity index (χ0v) is 20.2. The number of aliphatic hydroxyl groups excluding tert-OH is 6. The van der Waals surface area contributed by atoms with Gasteiger partial charge in [0.05, 0.1) is 6.10 Å². The van der Waals surface area contributed by atoms with E-state index in [0.29, 0.717) is 0 Å². The van der Waals surface area contributed by atoms with Crippen molar-refractivity contribution in [3.63, 3.8) is 0 Å². The van der Waals surface area contributed by atoms with Crippen LogP contribution in [-0.4, -0.2) is 96.3 Å². The van der Waals surface area contributed by atoms with Gasteiger partial charge in [0.15, 0.2) is 12.1 Å². The van der Waals surface area contributed by atoms with Gasteiger partial charge in [-0.15, -0.1) is 0 Å². The van der Waals surface area contributed by atoms with E-state index < -0.39 is 72.4 Å². The quantitative estimate of drug-likeness (QED) is 0.181. The summed E-state index contributed by atoms with van der Waals surface area (Å²) in [6.45, 7) is 1.36. The van der Waals surface area contributed by atoms with Crippen molar-refractivity contribution in [1.82, 2.24) is 0 Å². The number of hydrogen-bond donors (Lipinski definition) is 8. The number of phenolic OH excluding ortho intramolecular Hbond substituents is 2. The zero-order valence-electron chi connectivity index (χ0n) is 20.2. The SMILES string of the molecule is C[C@H](O)[C@@H]1O[C@H](Oc2cc(O)c3c(=O)c(O[C@H]4O[C@@H](O)[C@@H](O)[C@@H]4O)c(-c4ccc(O)cc4)oc3c2)[C@@H](O)[C@H]1O. The Labute approximate surface area is 219 Å². The van der Waals surface area contributed by atoms with Crippen molar-refractivity contribution < 1.29 is 64.2 Å². The summed E-state index contributed by atoms with van der Waals surface area (Å²) in [5, 5.41) is 79.8. The van der Waals surface area contributed by atoms with Crippen LogP contribution in [0.2, 0.25) is 0 Å². The first-order valence-electron chi connectivity index (χ1n) is 11.8. The summed E-state index contributed by atoms with van der Waals surface area (Å²) in [6, 6.07) is 7.62. The lowest BCUT2D eigenvalue weighted by atomic mass is 10.1. The number of fused-ring (bicyclic) bond motifs is 1. The molecular weight excluding hydrogens is 524 g/mol. The Morgan fingerprint density at radius 1 is 0.846 bits per heavy atom. The molecule has 2 aliphatic heterocycles. The average Bonchev–Trinajstić information content (AvgIpc) is 3.30. The largest absolute Gasteiger partial charge is 0.508 e. The molecule has 0 saturated carbocycles. The fourth-order valence-electron chi connectivity index (χ4n) is 4.38. The maximum Gasteiger partial charge on any atom is 0.239 e. The maximum atomic E-state index is 13.5. The van der Waals surface area contributed by atoms with Crippen LogP contribution in [0.1, 0.15) is 6.92 Å². The van der Waals surface area contributed by atoms with Crippen LogP contribution < -0.4 is 14.9 Å². The van der Waals surface area contributed by atoms with E-state index in [1.165, 1.54) is 37.3 Å². The van der Waals surface area contributed by atoms with Gasteiger partial charge >= 0.3 is 0 Å². The number of phenols is 2. The number of ether oxygens (including phenoxy) is 4. The Kier molecular flexibility index (Phi) is 7.13. The third kappa shape index (κ3) is 4.88. The van der Waals surface area contributed by atoms with Crippen LogP contribution in [0.25, 0.3) is 22.3 Å². The van der Waals surface area contributed by atoms with Crippen LogP contribution in [0.3, 0.4) is 0 Å². The van der Waals surface area contributed by atoms with E-state index in [4.69, 9.17) is 23.4 Å². The van der Waals surface area contributed by atoms with Gasteiger partial charge < -0.3 is 64.2 Å². The third-order valence-corrected chi connectivity index (χ3v) is 6.45. The van der Waals surface area contributed by atoms with Crippen molar-refractivity contribution >= 4 is 11.0 Å². The second-order valence-corrected chi connectivity index (χ2v) is 9.25. The van der Waals surface area contributed by atoms with Gasteiger partial charge in [-0.05, 0) is 31.2 Å². The molecule has 14 heteroatoms. The Bertz CT molecular complexity index is 1400. The van der Waals surface area contributed by atoms with Gasteiger partial charge in [-0.1, -0.05) is 0 Å². The van der Waals surface area contributed by atoms with Gasteiger partial charge in [0.1, 0.15) is 58.7 Å². The molecule has 5 rings (SSSR count). The molecule has 0 amide bonds.